The quantitative estimate of drug-likeness (QED) is 0.483. The van der Waals surface area contributed by atoms with Crippen LogP contribution in [0.1, 0.15) is 44.6 Å². The molecule has 2 fully saturated rings. The zero-order valence-electron chi connectivity index (χ0n) is 17.7. The Bertz CT molecular complexity index is 680. The summed E-state index contributed by atoms with van der Waals surface area (Å²) in [5.74, 6) is 0.771. The number of guanidine groups is 1. The molecule has 2 aliphatic rings. The zero-order valence-corrected chi connectivity index (χ0v) is 17.7. The van der Waals surface area contributed by atoms with Crippen LogP contribution in [-0.2, 0) is 16.1 Å². The van der Waals surface area contributed by atoms with Crippen LogP contribution in [0, 0.1) is 0 Å². The topological polar surface area (TPSA) is 78.0 Å². The second-order valence-electron chi connectivity index (χ2n) is 7.88. The fourth-order valence-electron chi connectivity index (χ4n) is 3.96. The molecule has 2 aliphatic heterocycles. The van der Waals surface area contributed by atoms with Gasteiger partial charge in [0, 0.05) is 45.0 Å². The lowest BCUT2D eigenvalue weighted by molar-refractivity contribution is -0.124. The third kappa shape index (κ3) is 6.72. The van der Waals surface area contributed by atoms with E-state index in [9.17, 15) is 4.79 Å². The first-order valence-electron chi connectivity index (χ1n) is 10.9. The molecule has 2 heterocycles. The summed E-state index contributed by atoms with van der Waals surface area (Å²) in [5.41, 5.74) is 1.90. The van der Waals surface area contributed by atoms with E-state index < -0.39 is 0 Å². The van der Waals surface area contributed by atoms with E-state index in [1.54, 1.807) is 7.05 Å². The van der Waals surface area contributed by atoms with E-state index in [1.165, 1.54) is 13.0 Å². The van der Waals surface area contributed by atoms with Crippen molar-refractivity contribution in [1.29, 1.82) is 0 Å². The fourth-order valence-corrected chi connectivity index (χ4v) is 3.96. The molecule has 0 aliphatic carbocycles. The van der Waals surface area contributed by atoms with Gasteiger partial charge in [-0.1, -0.05) is 19.1 Å². The summed E-state index contributed by atoms with van der Waals surface area (Å²) in [6.07, 6.45) is 4.94. The highest BCUT2D eigenvalue weighted by molar-refractivity contribution is 5.94. The predicted molar refractivity (Wildman–Crippen MR) is 117 cm³/mol. The number of hydrogen-bond donors (Lipinski definition) is 3. The van der Waals surface area contributed by atoms with Gasteiger partial charge in [-0.25, -0.2) is 0 Å². The minimum Gasteiger partial charge on any atom is -0.368 e. The van der Waals surface area contributed by atoms with Crippen LogP contribution in [0.4, 0.5) is 5.69 Å². The molecule has 7 heteroatoms. The molecule has 2 saturated heterocycles. The van der Waals surface area contributed by atoms with E-state index in [0.29, 0.717) is 19.2 Å². The maximum Gasteiger partial charge on any atom is 0.253 e. The Balaban J connectivity index is 1.45. The lowest BCUT2D eigenvalue weighted by Gasteiger charge is -2.32. The maximum atomic E-state index is 12.2. The molecular weight excluding hydrogens is 366 g/mol. The summed E-state index contributed by atoms with van der Waals surface area (Å²) >= 11 is 0. The summed E-state index contributed by atoms with van der Waals surface area (Å²) < 4.78 is 5.45. The number of amides is 1. The minimum absolute atomic E-state index is 0.0560. The number of hydrogen-bond acceptors (Lipinski definition) is 4. The van der Waals surface area contributed by atoms with Crippen molar-refractivity contribution in [3.63, 3.8) is 0 Å². The summed E-state index contributed by atoms with van der Waals surface area (Å²) in [6, 6.07) is 8.38. The van der Waals surface area contributed by atoms with Gasteiger partial charge in [-0.3, -0.25) is 9.79 Å². The molecule has 0 radical (unpaired) electrons. The van der Waals surface area contributed by atoms with Crippen LogP contribution >= 0.6 is 0 Å². The number of piperidine rings is 1. The molecule has 0 bridgehead atoms. The molecule has 0 aromatic heterocycles. The lowest BCUT2D eigenvalue weighted by Crippen LogP contribution is -2.48. The normalized spacial score (nSPS) is 21.2. The van der Waals surface area contributed by atoms with Crippen molar-refractivity contribution >= 4 is 17.6 Å². The third-order valence-corrected chi connectivity index (χ3v) is 5.57. The average Bonchev–Trinajstić information content (AvgIpc) is 3.28. The van der Waals surface area contributed by atoms with Crippen molar-refractivity contribution < 1.29 is 9.53 Å². The Hall–Kier alpha value is -2.12. The van der Waals surface area contributed by atoms with E-state index in [4.69, 9.17) is 4.74 Å². The number of benzene rings is 1. The van der Waals surface area contributed by atoms with Gasteiger partial charge < -0.3 is 25.6 Å². The number of aliphatic imine (C=N–C) groups is 1. The van der Waals surface area contributed by atoms with Gasteiger partial charge in [-0.2, -0.15) is 0 Å². The van der Waals surface area contributed by atoms with Gasteiger partial charge in [-0.15, -0.1) is 0 Å². The fraction of sp³-hybridized carbons (Fsp3) is 0.636. The van der Waals surface area contributed by atoms with Gasteiger partial charge in [0.05, 0.1) is 0 Å². The molecular formula is C22H35N5O2. The second-order valence-corrected chi connectivity index (χ2v) is 7.88. The van der Waals surface area contributed by atoms with Crippen LogP contribution in [0.3, 0.4) is 0 Å². The number of carbonyl (C=O) groups is 1. The second kappa shape index (κ2) is 11.2. The Morgan fingerprint density at radius 3 is 2.79 bits per heavy atom. The molecule has 3 rings (SSSR count). The molecule has 1 aromatic carbocycles. The van der Waals surface area contributed by atoms with Crippen molar-refractivity contribution in [3.05, 3.63) is 29.8 Å². The van der Waals surface area contributed by atoms with Crippen molar-refractivity contribution in [2.45, 2.75) is 57.7 Å². The number of ether oxygens (including phenoxy) is 1. The predicted octanol–water partition coefficient (Wildman–Crippen LogP) is 2.34. The number of anilines is 1. The van der Waals surface area contributed by atoms with Gasteiger partial charge in [0.2, 0.25) is 0 Å². The largest absolute Gasteiger partial charge is 0.368 e. The zero-order chi connectivity index (χ0) is 20.5. The van der Waals surface area contributed by atoms with Crippen LogP contribution < -0.4 is 16.0 Å². The van der Waals surface area contributed by atoms with E-state index in [0.717, 1.165) is 56.0 Å². The Morgan fingerprint density at radius 1 is 1.28 bits per heavy atom. The van der Waals surface area contributed by atoms with Gasteiger partial charge in [0.1, 0.15) is 6.10 Å². The highest BCUT2D eigenvalue weighted by Crippen LogP contribution is 2.16. The highest BCUT2D eigenvalue weighted by atomic mass is 16.5. The monoisotopic (exact) mass is 401 g/mol. The van der Waals surface area contributed by atoms with E-state index in [-0.39, 0.29) is 12.0 Å². The lowest BCUT2D eigenvalue weighted by atomic mass is 10.1. The molecule has 0 saturated carbocycles. The number of likely N-dealkylation sites (tertiary alicyclic amines) is 1. The molecule has 3 N–H and O–H groups in total. The maximum absolute atomic E-state index is 12.2. The van der Waals surface area contributed by atoms with Crippen molar-refractivity contribution in [1.82, 2.24) is 15.5 Å². The molecule has 1 aromatic rings. The van der Waals surface area contributed by atoms with Crippen LogP contribution in [-0.4, -0.2) is 62.2 Å². The Labute approximate surface area is 174 Å². The SMILES string of the molecule is CCCN1CCC(NC(=NC)NCc2cccc(NC(=O)C3CCCO3)c2)CC1. The summed E-state index contributed by atoms with van der Waals surface area (Å²) in [5, 5.41) is 9.91. The number of carbonyl (C=O) groups excluding carboxylic acids is 1. The molecule has 1 amide bonds. The van der Waals surface area contributed by atoms with Crippen LogP contribution in [0.15, 0.2) is 29.3 Å². The molecule has 1 atom stereocenters. The Kier molecular flexibility index (Phi) is 8.31. The molecule has 0 spiro atoms. The molecule has 7 nitrogen and oxygen atoms in total. The van der Waals surface area contributed by atoms with Crippen LogP contribution in [0.2, 0.25) is 0 Å². The van der Waals surface area contributed by atoms with Crippen molar-refractivity contribution in [2.75, 3.05) is 38.6 Å². The highest BCUT2D eigenvalue weighted by Gasteiger charge is 2.23. The molecule has 29 heavy (non-hydrogen) atoms. The first-order valence-corrected chi connectivity index (χ1v) is 10.9. The van der Waals surface area contributed by atoms with E-state index in [2.05, 4.69) is 32.8 Å². The first-order chi connectivity index (χ1) is 14.2. The van der Waals surface area contributed by atoms with E-state index >= 15 is 0 Å². The van der Waals surface area contributed by atoms with Crippen LogP contribution in [0.25, 0.3) is 0 Å². The smallest absolute Gasteiger partial charge is 0.253 e. The van der Waals surface area contributed by atoms with Crippen molar-refractivity contribution in [2.24, 2.45) is 4.99 Å². The summed E-state index contributed by atoms with van der Waals surface area (Å²) in [7, 11) is 1.81. The van der Waals surface area contributed by atoms with Crippen molar-refractivity contribution in [3.8, 4) is 0 Å². The van der Waals surface area contributed by atoms with Gasteiger partial charge in [0.15, 0.2) is 5.96 Å². The summed E-state index contributed by atoms with van der Waals surface area (Å²) in [4.78, 5) is 19.1. The van der Waals surface area contributed by atoms with E-state index in [1.807, 2.05) is 24.3 Å². The third-order valence-electron chi connectivity index (χ3n) is 5.57. The van der Waals surface area contributed by atoms with Gasteiger partial charge >= 0.3 is 0 Å². The first kappa shape index (κ1) is 21.6. The minimum atomic E-state index is -0.316. The van der Waals surface area contributed by atoms with Gasteiger partial charge in [-0.05, 0) is 56.3 Å². The number of rotatable bonds is 7. The standard InChI is InChI=1S/C22H35N5O2/c1-3-11-27-12-9-18(10-13-27)26-22(23-2)24-16-17-6-4-7-19(15-17)25-21(28)20-8-5-14-29-20/h4,6-7,15,18,20H,3,5,8-14,16H2,1-2H3,(H,25,28)(H2,23,24,26). The summed E-state index contributed by atoms with van der Waals surface area (Å²) in [6.45, 7) is 7.05. The molecule has 1 unspecified atom stereocenters. The number of nitrogens with zero attached hydrogens (tertiary/aromatic N) is 2. The average molecular weight is 402 g/mol. The van der Waals surface area contributed by atoms with Crippen LogP contribution in [0.5, 0.6) is 0 Å². The molecule has 160 valence electrons. The number of nitrogens with one attached hydrogen (secondary N) is 3. The van der Waals surface area contributed by atoms with Gasteiger partial charge in [0.25, 0.3) is 5.91 Å². The Morgan fingerprint density at radius 2 is 2.10 bits per heavy atom.